The fraction of sp³-hybridized carbons (Fsp3) is 0.400. The molecule has 110 valence electrons. The first-order valence-electron chi connectivity index (χ1n) is 7.22. The molecule has 1 aliphatic heterocycles. The summed E-state index contributed by atoms with van der Waals surface area (Å²) in [7, 11) is 0. The Morgan fingerprint density at radius 1 is 1.24 bits per heavy atom. The van der Waals surface area contributed by atoms with E-state index in [1.54, 1.807) is 10.9 Å². The predicted octanol–water partition coefficient (Wildman–Crippen LogP) is 1.83. The van der Waals surface area contributed by atoms with E-state index < -0.39 is 0 Å². The Hall–Kier alpha value is -2.37. The number of carbonyl (C=O) groups excluding carboxylic acids is 1. The highest BCUT2D eigenvalue weighted by Crippen LogP contribution is 2.21. The number of anilines is 2. The summed E-state index contributed by atoms with van der Waals surface area (Å²) < 4.78 is 1.58. The van der Waals surface area contributed by atoms with Crippen molar-refractivity contribution in [3.63, 3.8) is 0 Å². The molecule has 3 rings (SSSR count). The molecule has 1 aromatic heterocycles. The van der Waals surface area contributed by atoms with Crippen molar-refractivity contribution in [2.24, 2.45) is 0 Å². The molecule has 0 bridgehead atoms. The van der Waals surface area contributed by atoms with E-state index in [0.29, 0.717) is 0 Å². The Bertz CT molecular complexity index is 613. The summed E-state index contributed by atoms with van der Waals surface area (Å²) in [5, 5.41) is 10.5. The van der Waals surface area contributed by atoms with Gasteiger partial charge in [-0.15, -0.1) is 5.10 Å². The fourth-order valence-electron chi connectivity index (χ4n) is 2.53. The Balaban J connectivity index is 1.59. The molecule has 1 N–H and O–H groups in total. The molecular weight excluding hydrogens is 266 g/mol. The second-order valence-corrected chi connectivity index (χ2v) is 5.32. The summed E-state index contributed by atoms with van der Waals surface area (Å²) in [6, 6.07) is 8.00. The number of aryl methyl sites for hydroxylation is 1. The van der Waals surface area contributed by atoms with Gasteiger partial charge in [-0.25, -0.2) is 4.68 Å². The van der Waals surface area contributed by atoms with Gasteiger partial charge < -0.3 is 10.2 Å². The van der Waals surface area contributed by atoms with Crippen molar-refractivity contribution in [2.45, 2.75) is 26.3 Å². The van der Waals surface area contributed by atoms with Gasteiger partial charge in [0, 0.05) is 24.5 Å². The first-order chi connectivity index (χ1) is 10.2. The minimum atomic E-state index is -0.0995. The lowest BCUT2D eigenvalue weighted by Gasteiger charge is -2.17. The first kappa shape index (κ1) is 13.6. The molecule has 1 aromatic carbocycles. The number of benzene rings is 1. The molecule has 2 aromatic rings. The number of aromatic nitrogens is 3. The van der Waals surface area contributed by atoms with Crippen LogP contribution in [0.3, 0.4) is 0 Å². The van der Waals surface area contributed by atoms with Crippen LogP contribution in [0.2, 0.25) is 0 Å². The Labute approximate surface area is 123 Å². The molecule has 1 amide bonds. The summed E-state index contributed by atoms with van der Waals surface area (Å²) in [6.07, 6.45) is 4.16. The van der Waals surface area contributed by atoms with Crippen LogP contribution in [0.15, 0.2) is 30.5 Å². The number of hydrogen-bond acceptors (Lipinski definition) is 4. The van der Waals surface area contributed by atoms with E-state index >= 15 is 0 Å². The molecule has 6 nitrogen and oxygen atoms in total. The van der Waals surface area contributed by atoms with E-state index in [1.807, 2.05) is 19.1 Å². The normalized spacial score (nSPS) is 14.4. The van der Waals surface area contributed by atoms with Gasteiger partial charge in [0.2, 0.25) is 5.91 Å². The van der Waals surface area contributed by atoms with Gasteiger partial charge in [0.05, 0.1) is 11.9 Å². The first-order valence-corrected chi connectivity index (χ1v) is 7.22. The Morgan fingerprint density at radius 3 is 2.57 bits per heavy atom. The van der Waals surface area contributed by atoms with E-state index in [1.165, 1.54) is 18.5 Å². The van der Waals surface area contributed by atoms with Crippen molar-refractivity contribution >= 4 is 17.3 Å². The van der Waals surface area contributed by atoms with Crippen molar-refractivity contribution < 1.29 is 4.79 Å². The average molecular weight is 285 g/mol. The average Bonchev–Trinajstić information content (AvgIpc) is 3.12. The molecular formula is C15H19N5O. The molecule has 0 saturated carbocycles. The third kappa shape index (κ3) is 3.21. The quantitative estimate of drug-likeness (QED) is 0.931. The molecule has 0 unspecified atom stereocenters. The molecule has 6 heteroatoms. The van der Waals surface area contributed by atoms with Crippen LogP contribution in [0.25, 0.3) is 0 Å². The highest BCUT2D eigenvalue weighted by molar-refractivity contribution is 5.90. The van der Waals surface area contributed by atoms with Gasteiger partial charge in [-0.2, -0.15) is 0 Å². The molecule has 0 aliphatic carbocycles. The molecule has 1 aliphatic rings. The van der Waals surface area contributed by atoms with E-state index in [2.05, 4.69) is 32.7 Å². The van der Waals surface area contributed by atoms with Crippen LogP contribution in [0.1, 0.15) is 18.5 Å². The van der Waals surface area contributed by atoms with E-state index in [-0.39, 0.29) is 12.5 Å². The molecule has 1 fully saturated rings. The van der Waals surface area contributed by atoms with Crippen molar-refractivity contribution in [1.82, 2.24) is 15.0 Å². The number of nitrogens with zero attached hydrogens (tertiary/aromatic N) is 4. The smallest absolute Gasteiger partial charge is 0.246 e. The van der Waals surface area contributed by atoms with E-state index in [9.17, 15) is 4.79 Å². The van der Waals surface area contributed by atoms with Gasteiger partial charge in [-0.05, 0) is 44.0 Å². The molecule has 21 heavy (non-hydrogen) atoms. The highest BCUT2D eigenvalue weighted by Gasteiger charge is 2.12. The van der Waals surface area contributed by atoms with Crippen molar-refractivity contribution in [3.8, 4) is 0 Å². The molecule has 0 radical (unpaired) electrons. The Morgan fingerprint density at radius 2 is 1.95 bits per heavy atom. The van der Waals surface area contributed by atoms with Crippen LogP contribution in [0.4, 0.5) is 11.4 Å². The van der Waals surface area contributed by atoms with E-state index in [0.717, 1.165) is 24.5 Å². The van der Waals surface area contributed by atoms with Crippen molar-refractivity contribution in [1.29, 1.82) is 0 Å². The second kappa shape index (κ2) is 5.95. The zero-order chi connectivity index (χ0) is 14.7. The fourth-order valence-corrected chi connectivity index (χ4v) is 2.53. The lowest BCUT2D eigenvalue weighted by atomic mass is 10.2. The summed E-state index contributed by atoms with van der Waals surface area (Å²) in [6.45, 7) is 4.30. The Kier molecular flexibility index (Phi) is 3.85. The van der Waals surface area contributed by atoms with Gasteiger partial charge in [0.15, 0.2) is 0 Å². The third-order valence-electron chi connectivity index (χ3n) is 3.73. The zero-order valence-electron chi connectivity index (χ0n) is 12.1. The number of amides is 1. The lowest BCUT2D eigenvalue weighted by Crippen LogP contribution is -2.20. The number of carbonyl (C=O) groups is 1. The SMILES string of the molecule is Cc1cnnn1CC(=O)Nc1ccc(N2CCCC2)cc1. The summed E-state index contributed by atoms with van der Waals surface area (Å²) in [4.78, 5) is 14.3. The van der Waals surface area contributed by atoms with Gasteiger partial charge in [-0.1, -0.05) is 5.21 Å². The number of nitrogens with one attached hydrogen (secondary N) is 1. The summed E-state index contributed by atoms with van der Waals surface area (Å²) in [5.41, 5.74) is 2.90. The third-order valence-corrected chi connectivity index (χ3v) is 3.73. The van der Waals surface area contributed by atoms with Gasteiger partial charge >= 0.3 is 0 Å². The summed E-state index contributed by atoms with van der Waals surface area (Å²) >= 11 is 0. The van der Waals surface area contributed by atoms with Crippen molar-refractivity contribution in [3.05, 3.63) is 36.2 Å². The van der Waals surface area contributed by atoms with Crippen LogP contribution in [-0.2, 0) is 11.3 Å². The summed E-state index contributed by atoms with van der Waals surface area (Å²) in [5.74, 6) is -0.0995. The lowest BCUT2D eigenvalue weighted by molar-refractivity contribution is -0.117. The molecule has 2 heterocycles. The maximum Gasteiger partial charge on any atom is 0.246 e. The molecule has 0 atom stereocenters. The van der Waals surface area contributed by atoms with Crippen LogP contribution in [0, 0.1) is 6.92 Å². The monoisotopic (exact) mass is 285 g/mol. The largest absolute Gasteiger partial charge is 0.372 e. The zero-order valence-corrected chi connectivity index (χ0v) is 12.1. The van der Waals surface area contributed by atoms with Crippen LogP contribution < -0.4 is 10.2 Å². The van der Waals surface area contributed by atoms with Crippen molar-refractivity contribution in [2.75, 3.05) is 23.3 Å². The highest BCUT2D eigenvalue weighted by atomic mass is 16.2. The van der Waals surface area contributed by atoms with E-state index in [4.69, 9.17) is 0 Å². The predicted molar refractivity (Wildman–Crippen MR) is 81.3 cm³/mol. The standard InChI is InChI=1S/C15H19N5O/c1-12-10-16-18-20(12)11-15(21)17-13-4-6-14(7-5-13)19-8-2-3-9-19/h4-7,10H,2-3,8-9,11H2,1H3,(H,17,21). The number of rotatable bonds is 4. The van der Waals surface area contributed by atoms with Crippen LogP contribution in [-0.4, -0.2) is 34.0 Å². The minimum absolute atomic E-state index is 0.0995. The van der Waals surface area contributed by atoms with Gasteiger partial charge in [0.1, 0.15) is 6.54 Å². The second-order valence-electron chi connectivity index (χ2n) is 5.32. The van der Waals surface area contributed by atoms with Crippen LogP contribution in [0.5, 0.6) is 0 Å². The topological polar surface area (TPSA) is 63.1 Å². The molecule has 1 saturated heterocycles. The van der Waals surface area contributed by atoms with Crippen LogP contribution >= 0.6 is 0 Å². The van der Waals surface area contributed by atoms with Gasteiger partial charge in [-0.3, -0.25) is 4.79 Å². The molecule has 0 spiro atoms. The maximum atomic E-state index is 12.0. The minimum Gasteiger partial charge on any atom is -0.372 e. The number of hydrogen-bond donors (Lipinski definition) is 1. The maximum absolute atomic E-state index is 12.0. The van der Waals surface area contributed by atoms with Gasteiger partial charge in [0.25, 0.3) is 0 Å².